The molecule has 4 aromatic rings. The number of anilines is 2. The summed E-state index contributed by atoms with van der Waals surface area (Å²) in [5, 5.41) is 3.57. The van der Waals surface area contributed by atoms with Gasteiger partial charge in [-0.2, -0.15) is 13.8 Å². The molecule has 5 heterocycles. The molecule has 3 aromatic heterocycles. The molecule has 0 spiro atoms. The maximum atomic E-state index is 12.9. The lowest BCUT2D eigenvalue weighted by Crippen LogP contribution is -2.26. The normalized spacial score (nSPS) is 16.1. The summed E-state index contributed by atoms with van der Waals surface area (Å²) in [6, 6.07) is 13.2. The number of sulfone groups is 1. The average Bonchev–Trinajstić information content (AvgIpc) is 3.12. The van der Waals surface area contributed by atoms with Crippen molar-refractivity contribution in [3.63, 3.8) is 0 Å². The lowest BCUT2D eigenvalue weighted by molar-refractivity contribution is -0.0528. The molecular weight excluding hydrogens is 556 g/mol. The topological polar surface area (TPSA) is 124 Å². The first-order valence-corrected chi connectivity index (χ1v) is 14.6. The zero-order valence-corrected chi connectivity index (χ0v) is 22.5. The van der Waals surface area contributed by atoms with Gasteiger partial charge in [0.05, 0.1) is 41.6 Å². The summed E-state index contributed by atoms with van der Waals surface area (Å²) in [7, 11) is -3.54. The predicted octanol–water partition coefficient (Wildman–Crippen LogP) is 3.94. The van der Waals surface area contributed by atoms with Crippen molar-refractivity contribution in [1.82, 2.24) is 20.3 Å². The van der Waals surface area contributed by atoms with Crippen LogP contribution < -0.4 is 15.0 Å². The Balaban J connectivity index is 1.22. The van der Waals surface area contributed by atoms with E-state index in [4.69, 9.17) is 9.72 Å². The number of hydrogen-bond acceptors (Lipinski definition) is 9. The minimum atomic E-state index is -3.54. The standard InChI is InChI=1S/C28H25F2N5O5S/c29-28(30)40-25-8-6-17-2-1-9-35(26(17)34-25)24-7-5-19-14-31-21(13-22(19)33-24)15-32-27(36)18-3-4-20-16-39-10-11-41(37,38)23(20)12-18/h3-8,12-14,28H,1-2,9-11,15-16H2,(H,32,36). The molecule has 0 fully saturated rings. The molecule has 0 unspecified atom stereocenters. The Bertz CT molecular complexity index is 1750. The Morgan fingerprint density at radius 3 is 2.80 bits per heavy atom. The number of aromatic nitrogens is 3. The fourth-order valence-corrected chi connectivity index (χ4v) is 6.32. The Kier molecular flexibility index (Phi) is 7.22. The van der Waals surface area contributed by atoms with E-state index in [2.05, 4.69) is 20.0 Å². The van der Waals surface area contributed by atoms with E-state index in [0.29, 0.717) is 35.0 Å². The number of fused-ring (bicyclic) bond motifs is 3. The van der Waals surface area contributed by atoms with Crippen LogP contribution in [-0.4, -0.2) is 54.8 Å². The van der Waals surface area contributed by atoms with Gasteiger partial charge < -0.3 is 19.7 Å². The summed E-state index contributed by atoms with van der Waals surface area (Å²) < 4.78 is 60.5. The quantitative estimate of drug-likeness (QED) is 0.361. The van der Waals surface area contributed by atoms with E-state index in [1.54, 1.807) is 30.5 Å². The van der Waals surface area contributed by atoms with Gasteiger partial charge in [-0.3, -0.25) is 9.78 Å². The van der Waals surface area contributed by atoms with Crippen LogP contribution in [0.4, 0.5) is 20.4 Å². The SMILES string of the molecule is O=C(NCc1cc2nc(N3CCCc4ccc(OC(F)F)nc43)ccc2cn1)c1ccc2c(c1)S(=O)(=O)CCOC2. The highest BCUT2D eigenvalue weighted by Gasteiger charge is 2.24. The number of benzene rings is 1. The van der Waals surface area contributed by atoms with Crippen LogP contribution in [0.25, 0.3) is 10.9 Å². The molecule has 2 aliphatic rings. The lowest BCUT2D eigenvalue weighted by Gasteiger charge is -2.29. The minimum absolute atomic E-state index is 0.0933. The van der Waals surface area contributed by atoms with Gasteiger partial charge in [-0.05, 0) is 60.4 Å². The molecule has 41 heavy (non-hydrogen) atoms. The zero-order valence-electron chi connectivity index (χ0n) is 21.7. The van der Waals surface area contributed by atoms with Gasteiger partial charge >= 0.3 is 6.61 Å². The number of alkyl halides is 2. The third-order valence-corrected chi connectivity index (χ3v) is 8.72. The highest BCUT2D eigenvalue weighted by molar-refractivity contribution is 7.91. The van der Waals surface area contributed by atoms with Gasteiger partial charge in [-0.15, -0.1) is 0 Å². The third kappa shape index (κ3) is 5.68. The Labute approximate surface area is 234 Å². The maximum absolute atomic E-state index is 12.9. The van der Waals surface area contributed by atoms with Crippen molar-refractivity contribution < 1.29 is 31.5 Å². The van der Waals surface area contributed by atoms with Gasteiger partial charge in [0.15, 0.2) is 9.84 Å². The highest BCUT2D eigenvalue weighted by Crippen LogP contribution is 2.33. The van der Waals surface area contributed by atoms with Crippen molar-refractivity contribution in [3.8, 4) is 5.88 Å². The largest absolute Gasteiger partial charge is 0.417 e. The van der Waals surface area contributed by atoms with Crippen molar-refractivity contribution in [2.45, 2.75) is 37.5 Å². The van der Waals surface area contributed by atoms with Crippen LogP contribution in [0.2, 0.25) is 0 Å². The monoisotopic (exact) mass is 581 g/mol. The van der Waals surface area contributed by atoms with Crippen molar-refractivity contribution in [1.29, 1.82) is 0 Å². The van der Waals surface area contributed by atoms with E-state index < -0.39 is 22.4 Å². The fraction of sp³-hybridized carbons (Fsp3) is 0.286. The molecule has 0 radical (unpaired) electrons. The summed E-state index contributed by atoms with van der Waals surface area (Å²) in [6.45, 7) is -1.99. The van der Waals surface area contributed by atoms with Gasteiger partial charge in [-0.1, -0.05) is 6.07 Å². The molecule has 10 nitrogen and oxygen atoms in total. The van der Waals surface area contributed by atoms with E-state index in [-0.39, 0.29) is 41.9 Å². The Morgan fingerprint density at radius 2 is 1.95 bits per heavy atom. The second-order valence-electron chi connectivity index (χ2n) is 9.68. The molecular formula is C28H25F2N5O5S. The number of hydrogen-bond donors (Lipinski definition) is 1. The van der Waals surface area contributed by atoms with Gasteiger partial charge in [-0.25, -0.2) is 13.4 Å². The zero-order chi connectivity index (χ0) is 28.6. The number of carbonyl (C=O) groups is 1. The summed E-state index contributed by atoms with van der Waals surface area (Å²) in [5.41, 5.74) is 2.85. The Morgan fingerprint density at radius 1 is 1.10 bits per heavy atom. The molecule has 0 saturated heterocycles. The maximum Gasteiger partial charge on any atom is 0.388 e. The van der Waals surface area contributed by atoms with Gasteiger partial charge in [0, 0.05) is 29.8 Å². The molecule has 0 aliphatic carbocycles. The minimum Gasteiger partial charge on any atom is -0.417 e. The number of ether oxygens (including phenoxy) is 2. The van der Waals surface area contributed by atoms with Crippen molar-refractivity contribution in [3.05, 3.63) is 77.1 Å². The summed E-state index contributed by atoms with van der Waals surface area (Å²) in [5.74, 6) is 0.391. The first-order valence-electron chi connectivity index (χ1n) is 13.0. The number of aryl methyl sites for hydroxylation is 1. The second-order valence-corrected chi connectivity index (χ2v) is 11.8. The van der Waals surface area contributed by atoms with Crippen LogP contribution in [0.15, 0.2) is 59.6 Å². The summed E-state index contributed by atoms with van der Waals surface area (Å²) in [4.78, 5) is 28.4. The molecule has 212 valence electrons. The molecule has 2 aliphatic heterocycles. The molecule has 0 atom stereocenters. The van der Waals surface area contributed by atoms with E-state index in [1.807, 2.05) is 17.0 Å². The van der Waals surface area contributed by atoms with Crippen molar-refractivity contribution in [2.75, 3.05) is 23.8 Å². The van der Waals surface area contributed by atoms with Crippen LogP contribution in [0.5, 0.6) is 5.88 Å². The number of carbonyl (C=O) groups excluding carboxylic acids is 1. The van der Waals surface area contributed by atoms with E-state index >= 15 is 0 Å². The first-order chi connectivity index (χ1) is 19.8. The van der Waals surface area contributed by atoms with Crippen LogP contribution in [0.1, 0.15) is 33.6 Å². The molecule has 1 amide bonds. The van der Waals surface area contributed by atoms with E-state index in [0.717, 1.165) is 23.8 Å². The average molecular weight is 582 g/mol. The van der Waals surface area contributed by atoms with Crippen LogP contribution >= 0.6 is 0 Å². The molecule has 0 bridgehead atoms. The molecule has 13 heteroatoms. The fourth-order valence-electron chi connectivity index (χ4n) is 4.93. The molecule has 0 saturated carbocycles. The second kappa shape index (κ2) is 11.0. The molecule has 6 rings (SSSR count). The van der Waals surface area contributed by atoms with E-state index in [1.165, 1.54) is 12.1 Å². The van der Waals surface area contributed by atoms with Gasteiger partial charge in [0.25, 0.3) is 5.91 Å². The van der Waals surface area contributed by atoms with Gasteiger partial charge in [0.1, 0.15) is 11.6 Å². The number of pyridine rings is 3. The number of halogens is 2. The van der Waals surface area contributed by atoms with Crippen LogP contribution in [-0.2, 0) is 34.1 Å². The first kappa shape index (κ1) is 27.0. The van der Waals surface area contributed by atoms with Crippen molar-refractivity contribution >= 4 is 38.3 Å². The summed E-state index contributed by atoms with van der Waals surface area (Å²) in [6.07, 6.45) is 3.26. The van der Waals surface area contributed by atoms with Crippen molar-refractivity contribution in [2.24, 2.45) is 0 Å². The number of nitrogens with one attached hydrogen (secondary N) is 1. The van der Waals surface area contributed by atoms with Gasteiger partial charge in [0.2, 0.25) is 5.88 Å². The number of amides is 1. The lowest BCUT2D eigenvalue weighted by atomic mass is 10.1. The molecule has 1 N–H and O–H groups in total. The third-order valence-electron chi connectivity index (χ3n) is 6.96. The van der Waals surface area contributed by atoms with Crippen LogP contribution in [0.3, 0.4) is 0 Å². The number of nitrogens with zero attached hydrogens (tertiary/aromatic N) is 4. The summed E-state index contributed by atoms with van der Waals surface area (Å²) >= 11 is 0. The van der Waals surface area contributed by atoms with Crippen LogP contribution in [0, 0.1) is 0 Å². The highest BCUT2D eigenvalue weighted by atomic mass is 32.2. The Hall–Kier alpha value is -4.23. The van der Waals surface area contributed by atoms with E-state index in [9.17, 15) is 22.0 Å². The number of rotatable bonds is 6. The molecule has 1 aromatic carbocycles. The smallest absolute Gasteiger partial charge is 0.388 e. The predicted molar refractivity (Wildman–Crippen MR) is 145 cm³/mol.